The van der Waals surface area contributed by atoms with Crippen molar-refractivity contribution < 1.29 is 22.7 Å². The number of carbonyl (C=O) groups is 1. The van der Waals surface area contributed by atoms with Crippen LogP contribution in [0.1, 0.15) is 27.5 Å². The molecule has 0 bridgehead atoms. The molecular weight excluding hydrogens is 423 g/mol. The first-order valence-corrected chi connectivity index (χ1v) is 10.1. The van der Waals surface area contributed by atoms with Crippen LogP contribution in [0, 0.1) is 0 Å². The second kappa shape index (κ2) is 9.49. The summed E-state index contributed by atoms with van der Waals surface area (Å²) in [7, 11) is 0. The average molecular weight is 445 g/mol. The first-order valence-electron chi connectivity index (χ1n) is 10.1. The van der Waals surface area contributed by atoms with E-state index in [0.29, 0.717) is 43.2 Å². The van der Waals surface area contributed by atoms with E-state index in [2.05, 4.69) is 20.2 Å². The van der Waals surface area contributed by atoms with Gasteiger partial charge in [0.1, 0.15) is 12.1 Å². The summed E-state index contributed by atoms with van der Waals surface area (Å²) in [5, 5.41) is 2.89. The molecule has 0 spiro atoms. The van der Waals surface area contributed by atoms with Crippen LogP contribution in [-0.2, 0) is 10.9 Å². The van der Waals surface area contributed by atoms with E-state index in [0.717, 1.165) is 12.1 Å². The molecule has 0 aliphatic carbocycles. The van der Waals surface area contributed by atoms with Gasteiger partial charge in [-0.2, -0.15) is 13.2 Å². The molecule has 1 aliphatic heterocycles. The summed E-state index contributed by atoms with van der Waals surface area (Å²) < 4.78 is 45.9. The van der Waals surface area contributed by atoms with Crippen molar-refractivity contribution in [1.29, 1.82) is 0 Å². The molecule has 1 aromatic carbocycles. The summed E-state index contributed by atoms with van der Waals surface area (Å²) in [5.74, 6) is 0.329. The van der Waals surface area contributed by atoms with Crippen LogP contribution in [0.5, 0.6) is 0 Å². The Morgan fingerprint density at radius 1 is 1.12 bits per heavy atom. The molecule has 168 valence electrons. The summed E-state index contributed by atoms with van der Waals surface area (Å²) in [6.45, 7) is 2.56. The van der Waals surface area contributed by atoms with Crippen LogP contribution in [0.15, 0.2) is 61.3 Å². The van der Waals surface area contributed by atoms with Crippen molar-refractivity contribution in [3.63, 3.8) is 0 Å². The number of imidazole rings is 1. The molecule has 0 saturated carbocycles. The fourth-order valence-electron chi connectivity index (χ4n) is 3.60. The minimum absolute atomic E-state index is 0.244. The van der Waals surface area contributed by atoms with Gasteiger partial charge in [-0.25, -0.2) is 9.97 Å². The van der Waals surface area contributed by atoms with Gasteiger partial charge in [0.25, 0.3) is 5.91 Å². The molecule has 7 nitrogen and oxygen atoms in total. The zero-order valence-corrected chi connectivity index (χ0v) is 17.1. The maximum Gasteiger partial charge on any atom is 0.416 e. The Labute approximate surface area is 182 Å². The maximum atomic E-state index is 12.9. The second-order valence-corrected chi connectivity index (χ2v) is 7.37. The van der Waals surface area contributed by atoms with E-state index in [9.17, 15) is 18.0 Å². The van der Waals surface area contributed by atoms with Crippen molar-refractivity contribution >= 4 is 5.91 Å². The van der Waals surface area contributed by atoms with Gasteiger partial charge in [-0.15, -0.1) is 0 Å². The van der Waals surface area contributed by atoms with E-state index in [1.54, 1.807) is 35.4 Å². The number of amides is 1. The number of nitrogens with one attached hydrogen (secondary N) is 1. The number of nitrogens with zero attached hydrogens (tertiary/aromatic N) is 4. The zero-order valence-electron chi connectivity index (χ0n) is 17.1. The largest absolute Gasteiger partial charge is 0.416 e. The number of benzene rings is 1. The Balaban J connectivity index is 1.46. The number of hydrogen-bond donors (Lipinski definition) is 1. The van der Waals surface area contributed by atoms with Gasteiger partial charge in [0.2, 0.25) is 0 Å². The third-order valence-corrected chi connectivity index (χ3v) is 5.34. The third-order valence-electron chi connectivity index (χ3n) is 5.34. The minimum atomic E-state index is -4.39. The van der Waals surface area contributed by atoms with E-state index in [1.165, 1.54) is 18.3 Å². The number of morpholine rings is 1. The average Bonchev–Trinajstić information content (AvgIpc) is 3.35. The van der Waals surface area contributed by atoms with Gasteiger partial charge in [-0.1, -0.05) is 12.1 Å². The molecule has 10 heteroatoms. The first kappa shape index (κ1) is 22.0. The molecule has 1 aliphatic rings. The highest BCUT2D eigenvalue weighted by Crippen LogP contribution is 2.31. The molecule has 1 amide bonds. The van der Waals surface area contributed by atoms with Crippen molar-refractivity contribution in [2.24, 2.45) is 0 Å². The standard InChI is InChI=1S/C22H22F3N5O2/c23-22(24,25)18-4-1-16(2-5-18)19(29-9-11-32-12-10-29)14-28-21(31)17-3-6-20(27-13-17)30-8-7-26-15-30/h1-8,13,15,19H,9-12,14H2,(H,28,31). The lowest BCUT2D eigenvalue weighted by molar-refractivity contribution is -0.137. The number of alkyl halides is 3. The molecular formula is C22H22F3N5O2. The number of carbonyl (C=O) groups excluding carboxylic acids is 1. The van der Waals surface area contributed by atoms with Crippen LogP contribution in [0.3, 0.4) is 0 Å². The lowest BCUT2D eigenvalue weighted by Crippen LogP contribution is -2.43. The zero-order chi connectivity index (χ0) is 22.6. The molecule has 2 aromatic heterocycles. The first-order chi connectivity index (χ1) is 15.4. The number of pyridine rings is 1. The van der Waals surface area contributed by atoms with E-state index >= 15 is 0 Å². The van der Waals surface area contributed by atoms with Gasteiger partial charge in [-0.05, 0) is 29.8 Å². The smallest absolute Gasteiger partial charge is 0.379 e. The quantitative estimate of drug-likeness (QED) is 0.632. The SMILES string of the molecule is O=C(NCC(c1ccc(C(F)(F)F)cc1)N1CCOCC1)c1ccc(-n2ccnc2)nc1. The van der Waals surface area contributed by atoms with Crippen LogP contribution in [-0.4, -0.2) is 58.2 Å². The van der Waals surface area contributed by atoms with Gasteiger partial charge in [0, 0.05) is 38.2 Å². The van der Waals surface area contributed by atoms with Crippen LogP contribution in [0.2, 0.25) is 0 Å². The summed E-state index contributed by atoms with van der Waals surface area (Å²) in [4.78, 5) is 23.0. The fourth-order valence-corrected chi connectivity index (χ4v) is 3.60. The van der Waals surface area contributed by atoms with Crippen molar-refractivity contribution in [2.45, 2.75) is 12.2 Å². The molecule has 32 heavy (non-hydrogen) atoms. The van der Waals surface area contributed by atoms with Gasteiger partial charge in [-0.3, -0.25) is 14.3 Å². The molecule has 0 radical (unpaired) electrons. The Bertz CT molecular complexity index is 1020. The minimum Gasteiger partial charge on any atom is -0.379 e. The lowest BCUT2D eigenvalue weighted by atomic mass is 10.0. The van der Waals surface area contributed by atoms with E-state index in [4.69, 9.17) is 4.74 Å². The van der Waals surface area contributed by atoms with Crippen LogP contribution < -0.4 is 5.32 Å². The molecule has 1 fully saturated rings. The molecule has 1 N–H and O–H groups in total. The number of aromatic nitrogens is 3. The molecule has 3 aromatic rings. The van der Waals surface area contributed by atoms with Gasteiger partial charge in [0.05, 0.1) is 30.4 Å². The van der Waals surface area contributed by atoms with Crippen molar-refractivity contribution in [2.75, 3.05) is 32.8 Å². The molecule has 1 unspecified atom stereocenters. The van der Waals surface area contributed by atoms with E-state index in [1.807, 2.05) is 0 Å². The highest BCUT2D eigenvalue weighted by atomic mass is 19.4. The number of rotatable bonds is 6. The van der Waals surface area contributed by atoms with Crippen LogP contribution in [0.25, 0.3) is 5.82 Å². The van der Waals surface area contributed by atoms with Gasteiger partial charge < -0.3 is 10.1 Å². The molecule has 4 rings (SSSR count). The van der Waals surface area contributed by atoms with Crippen molar-refractivity contribution in [3.8, 4) is 5.82 Å². The monoisotopic (exact) mass is 445 g/mol. The molecule has 1 saturated heterocycles. The fraction of sp³-hybridized carbons (Fsp3) is 0.318. The summed E-state index contributed by atoms with van der Waals surface area (Å²) in [5.41, 5.74) is 0.394. The van der Waals surface area contributed by atoms with Gasteiger partial charge in [0.15, 0.2) is 0 Å². The lowest BCUT2D eigenvalue weighted by Gasteiger charge is -2.35. The normalized spacial score (nSPS) is 16.0. The number of halogens is 3. The van der Waals surface area contributed by atoms with Gasteiger partial charge >= 0.3 is 6.18 Å². The summed E-state index contributed by atoms with van der Waals surface area (Å²) in [6, 6.07) is 8.19. The van der Waals surface area contributed by atoms with E-state index < -0.39 is 11.7 Å². The van der Waals surface area contributed by atoms with Crippen LogP contribution in [0.4, 0.5) is 13.2 Å². The second-order valence-electron chi connectivity index (χ2n) is 7.37. The topological polar surface area (TPSA) is 72.3 Å². The summed E-state index contributed by atoms with van der Waals surface area (Å²) in [6.07, 6.45) is 2.08. The molecule has 1 atom stereocenters. The third kappa shape index (κ3) is 5.14. The summed E-state index contributed by atoms with van der Waals surface area (Å²) >= 11 is 0. The predicted octanol–water partition coefficient (Wildman–Crippen LogP) is 3.09. The van der Waals surface area contributed by atoms with Crippen molar-refractivity contribution in [3.05, 3.63) is 78.0 Å². The highest BCUT2D eigenvalue weighted by Gasteiger charge is 2.31. The van der Waals surface area contributed by atoms with Crippen molar-refractivity contribution in [1.82, 2.24) is 24.8 Å². The highest BCUT2D eigenvalue weighted by molar-refractivity contribution is 5.93. The Hall–Kier alpha value is -3.24. The Morgan fingerprint density at radius 3 is 2.47 bits per heavy atom. The van der Waals surface area contributed by atoms with Crippen LogP contribution >= 0.6 is 0 Å². The molecule has 3 heterocycles. The maximum absolute atomic E-state index is 12.9. The van der Waals surface area contributed by atoms with E-state index in [-0.39, 0.29) is 18.5 Å². The Kier molecular flexibility index (Phi) is 6.52. The predicted molar refractivity (Wildman–Crippen MR) is 110 cm³/mol. The Morgan fingerprint density at radius 2 is 1.88 bits per heavy atom. The number of ether oxygens (including phenoxy) is 1. The number of hydrogen-bond acceptors (Lipinski definition) is 5.